The van der Waals surface area contributed by atoms with Crippen molar-refractivity contribution in [3.05, 3.63) is 40.6 Å². The molecule has 1 aromatic heterocycles. The fraction of sp³-hybridized carbons (Fsp3) is 0.559. The number of hydrogen-bond acceptors (Lipinski definition) is 22. The van der Waals surface area contributed by atoms with Gasteiger partial charge in [0.05, 0.1) is 26.9 Å². The summed E-state index contributed by atoms with van der Waals surface area (Å²) in [6.45, 7) is -2.49. The van der Waals surface area contributed by atoms with Crippen molar-refractivity contribution in [3.63, 3.8) is 0 Å². The maximum atomic E-state index is 13.9. The van der Waals surface area contributed by atoms with Gasteiger partial charge in [-0.2, -0.15) is 0 Å². The summed E-state index contributed by atoms with van der Waals surface area (Å²) in [7, 11) is 1.25. The lowest BCUT2D eigenvalue weighted by Gasteiger charge is -2.46. The van der Waals surface area contributed by atoms with E-state index in [0.717, 1.165) is 12.1 Å². The molecule has 56 heavy (non-hydrogen) atoms. The van der Waals surface area contributed by atoms with E-state index in [0.29, 0.717) is 0 Å². The van der Waals surface area contributed by atoms with Gasteiger partial charge in [-0.05, 0) is 18.2 Å². The predicted molar refractivity (Wildman–Crippen MR) is 179 cm³/mol. The van der Waals surface area contributed by atoms with Crippen LogP contribution in [0.25, 0.3) is 22.3 Å². The molecule has 0 unspecified atom stereocenters. The van der Waals surface area contributed by atoms with Gasteiger partial charge in [0, 0.05) is 17.7 Å². The Hall–Kier alpha value is -3.95. The second-order valence-electron chi connectivity index (χ2n) is 13.3. The van der Waals surface area contributed by atoms with E-state index in [2.05, 4.69) is 0 Å². The van der Waals surface area contributed by atoms with Crippen LogP contribution in [0.4, 0.5) is 0 Å². The molecule has 3 saturated heterocycles. The van der Waals surface area contributed by atoms with Gasteiger partial charge in [0.15, 0.2) is 29.8 Å². The predicted octanol–water partition coefficient (Wildman–Crippen LogP) is -4.59. The lowest BCUT2D eigenvalue weighted by Crippen LogP contribution is -2.65. The third-order valence-corrected chi connectivity index (χ3v) is 9.65. The molecule has 310 valence electrons. The molecule has 0 aliphatic carbocycles. The Bertz CT molecular complexity index is 1890. The molecule has 3 aliphatic rings. The molecule has 0 bridgehead atoms. The average Bonchev–Trinajstić information content (AvgIpc) is 3.17. The van der Waals surface area contributed by atoms with Crippen LogP contribution < -0.4 is 14.9 Å². The topological polar surface area (TPSA) is 358 Å². The summed E-state index contributed by atoms with van der Waals surface area (Å²) in [6.07, 6.45) is -27.5. The van der Waals surface area contributed by atoms with Crippen molar-refractivity contribution < 1.29 is 104 Å². The molecule has 0 amide bonds. The van der Waals surface area contributed by atoms with E-state index in [4.69, 9.17) is 37.6 Å². The minimum Gasteiger partial charge on any atom is -0.508 e. The Morgan fingerprint density at radius 3 is 1.89 bits per heavy atom. The van der Waals surface area contributed by atoms with Crippen molar-refractivity contribution >= 4 is 11.0 Å². The van der Waals surface area contributed by atoms with Gasteiger partial charge in [-0.3, -0.25) is 4.79 Å². The summed E-state index contributed by atoms with van der Waals surface area (Å²) in [5.41, 5.74) is -1.32. The summed E-state index contributed by atoms with van der Waals surface area (Å²) in [6, 6.07) is 5.62. The number of fused-ring (bicyclic) bond motifs is 1. The van der Waals surface area contributed by atoms with Gasteiger partial charge in [-0.15, -0.1) is 0 Å². The molecular formula is C34H42O22. The number of aliphatic hydroxyl groups is 10. The van der Waals surface area contributed by atoms with Gasteiger partial charge in [-0.25, -0.2) is 0 Å². The Morgan fingerprint density at radius 1 is 0.661 bits per heavy atom. The number of phenols is 3. The first-order valence-corrected chi connectivity index (χ1v) is 17.1. The first-order valence-electron chi connectivity index (χ1n) is 17.1. The van der Waals surface area contributed by atoms with Crippen molar-refractivity contribution in [2.24, 2.45) is 0 Å². The van der Waals surface area contributed by atoms with E-state index < -0.39 is 140 Å². The molecule has 22 nitrogen and oxygen atoms in total. The molecule has 2 aromatic carbocycles. The summed E-state index contributed by atoms with van der Waals surface area (Å²) >= 11 is 0. The minimum absolute atomic E-state index is 0.0429. The number of methoxy groups -OCH3 is 1. The molecule has 4 heterocycles. The van der Waals surface area contributed by atoms with Gasteiger partial charge in [0.2, 0.25) is 17.5 Å². The largest absolute Gasteiger partial charge is 0.508 e. The number of benzene rings is 2. The monoisotopic (exact) mass is 802 g/mol. The zero-order valence-electron chi connectivity index (χ0n) is 29.2. The minimum atomic E-state index is -2.07. The number of aliphatic hydroxyl groups excluding tert-OH is 10. The Kier molecular flexibility index (Phi) is 12.6. The van der Waals surface area contributed by atoms with Crippen LogP contribution in [-0.4, -0.2) is 185 Å². The first-order chi connectivity index (χ1) is 26.6. The van der Waals surface area contributed by atoms with E-state index in [1.165, 1.54) is 25.3 Å². The van der Waals surface area contributed by atoms with E-state index >= 15 is 0 Å². The van der Waals surface area contributed by atoms with Crippen LogP contribution in [0.2, 0.25) is 0 Å². The van der Waals surface area contributed by atoms with Crippen molar-refractivity contribution in [3.8, 4) is 40.1 Å². The standard InChI is InChI=1S/C34H42O22/c1-49-14-4-10(2-3-12(14)38)29-30(23(43)19-13(39)5-11(37)6-15(19)51-29)55-33-28(48)25(45)22(42)18(54-33)9-50-34-31(26(46)21(41)17(8-36)53-34)56-32-27(47)24(44)20(40)16(7-35)52-32/h2-6,16-18,20-22,24-28,31-42,44-48H,7-9H2,1H3/t16-,17-,18-,20-,21-,22-,24+,25+,26+,27-,28-,31-,32+,33+,34-/m1/s1. The normalized spacial score (nSPS) is 36.4. The molecule has 0 spiro atoms. The highest BCUT2D eigenvalue weighted by Crippen LogP contribution is 2.40. The second kappa shape index (κ2) is 16.9. The van der Waals surface area contributed by atoms with Crippen molar-refractivity contribution in [2.45, 2.75) is 92.1 Å². The lowest BCUT2D eigenvalue weighted by molar-refractivity contribution is -0.372. The highest BCUT2D eigenvalue weighted by atomic mass is 16.8. The summed E-state index contributed by atoms with van der Waals surface area (Å²) < 4.78 is 44.8. The first kappa shape index (κ1) is 41.7. The number of phenolic OH excluding ortho intramolecular Hbond substituents is 3. The molecule has 3 fully saturated rings. The van der Waals surface area contributed by atoms with Gasteiger partial charge in [-0.1, -0.05) is 0 Å². The van der Waals surface area contributed by atoms with Crippen LogP contribution in [0.5, 0.6) is 28.7 Å². The molecule has 15 atom stereocenters. The van der Waals surface area contributed by atoms with Crippen molar-refractivity contribution in [2.75, 3.05) is 26.9 Å². The second-order valence-corrected chi connectivity index (χ2v) is 13.3. The zero-order valence-corrected chi connectivity index (χ0v) is 29.2. The van der Waals surface area contributed by atoms with Crippen LogP contribution in [-0.2, 0) is 23.7 Å². The molecule has 3 aromatic rings. The van der Waals surface area contributed by atoms with Crippen molar-refractivity contribution in [1.82, 2.24) is 0 Å². The Balaban J connectivity index is 1.28. The molecule has 0 saturated carbocycles. The third kappa shape index (κ3) is 7.83. The van der Waals surface area contributed by atoms with Crippen LogP contribution in [0.15, 0.2) is 39.5 Å². The van der Waals surface area contributed by atoms with Crippen LogP contribution in [0.3, 0.4) is 0 Å². The third-order valence-electron chi connectivity index (χ3n) is 9.65. The van der Waals surface area contributed by atoms with Crippen LogP contribution >= 0.6 is 0 Å². The molecule has 22 heteroatoms. The molecule has 3 aliphatic heterocycles. The summed E-state index contributed by atoms with van der Waals surface area (Å²) in [4.78, 5) is 13.9. The lowest BCUT2D eigenvalue weighted by atomic mass is 9.97. The van der Waals surface area contributed by atoms with Crippen molar-refractivity contribution in [1.29, 1.82) is 0 Å². The molecule has 13 N–H and O–H groups in total. The van der Waals surface area contributed by atoms with Gasteiger partial charge < -0.3 is 104 Å². The Morgan fingerprint density at radius 2 is 1.25 bits per heavy atom. The number of rotatable bonds is 11. The molecular weight excluding hydrogens is 760 g/mol. The number of ether oxygens (including phenoxy) is 7. The number of hydrogen-bond donors (Lipinski definition) is 13. The fourth-order valence-electron chi connectivity index (χ4n) is 6.51. The van der Waals surface area contributed by atoms with Crippen LogP contribution in [0.1, 0.15) is 0 Å². The smallest absolute Gasteiger partial charge is 0.239 e. The number of aromatic hydroxyl groups is 3. The molecule has 0 radical (unpaired) electrons. The quantitative estimate of drug-likeness (QED) is 0.0867. The van der Waals surface area contributed by atoms with Gasteiger partial charge in [0.25, 0.3) is 0 Å². The summed E-state index contributed by atoms with van der Waals surface area (Å²) in [5, 5.41) is 135. The Labute approximate surface area is 314 Å². The van der Waals surface area contributed by atoms with E-state index in [1.807, 2.05) is 0 Å². The van der Waals surface area contributed by atoms with Crippen LogP contribution in [0, 0.1) is 0 Å². The van der Waals surface area contributed by atoms with E-state index in [9.17, 15) is 71.2 Å². The highest BCUT2D eigenvalue weighted by Gasteiger charge is 2.52. The maximum Gasteiger partial charge on any atom is 0.239 e. The fourth-order valence-corrected chi connectivity index (χ4v) is 6.51. The zero-order chi connectivity index (χ0) is 40.7. The van der Waals surface area contributed by atoms with Gasteiger partial charge in [0.1, 0.15) is 95.7 Å². The molecule has 6 rings (SSSR count). The highest BCUT2D eigenvalue weighted by molar-refractivity contribution is 5.88. The van der Waals surface area contributed by atoms with Gasteiger partial charge >= 0.3 is 0 Å². The maximum absolute atomic E-state index is 13.9. The summed E-state index contributed by atoms with van der Waals surface area (Å²) in [5.74, 6) is -2.66. The SMILES string of the molecule is COc1cc(-c2oc3cc(O)cc(O)c3c(=O)c2O[C@@H]2O[C@H](CO[C@@H]3O[C@H](CO)[C@@H](O)[C@H](O)[C@H]3O[C@@H]3O[C@H](CO)[C@@H](O)[C@H](O)[C@H]3O)[C@@H](O)[C@H](O)[C@H]2O)ccc1O. The average molecular weight is 803 g/mol. The van der Waals surface area contributed by atoms with E-state index in [1.54, 1.807) is 0 Å². The van der Waals surface area contributed by atoms with E-state index in [-0.39, 0.29) is 28.4 Å².